The fourth-order valence-corrected chi connectivity index (χ4v) is 3.87. The molecule has 4 aromatic rings. The quantitative estimate of drug-likeness (QED) is 0.169. The van der Waals surface area contributed by atoms with Crippen LogP contribution >= 0.6 is 0 Å². The second-order valence-electron chi connectivity index (χ2n) is 7.46. The van der Waals surface area contributed by atoms with Gasteiger partial charge in [0.2, 0.25) is 11.6 Å². The lowest BCUT2D eigenvalue weighted by atomic mass is 10.1. The van der Waals surface area contributed by atoms with Crippen LogP contribution in [0.25, 0.3) is 16.8 Å². The average Bonchev–Trinajstić information content (AvgIpc) is 3.50. The number of hydrogen-bond acceptors (Lipinski definition) is 9. The number of anilines is 2. The first-order valence-corrected chi connectivity index (χ1v) is 11.3. The van der Waals surface area contributed by atoms with E-state index in [0.29, 0.717) is 11.3 Å². The molecular formula is C26H26N8O2. The summed E-state index contributed by atoms with van der Waals surface area (Å²) >= 11 is 0. The molecule has 0 spiro atoms. The number of nitrogens with zero attached hydrogens (tertiary/aromatic N) is 4. The number of carbonyl (C=O) groups excluding carboxylic acids is 1. The molecule has 1 aromatic heterocycles. The van der Waals surface area contributed by atoms with Crippen molar-refractivity contribution in [3.8, 4) is 11.1 Å². The van der Waals surface area contributed by atoms with Crippen LogP contribution in [-0.2, 0) is 4.79 Å². The molecular weight excluding hydrogens is 456 g/mol. The molecule has 36 heavy (non-hydrogen) atoms. The Hall–Kier alpha value is -4.96. The largest absolute Gasteiger partial charge is 0.392 e. The first-order chi connectivity index (χ1) is 17.6. The number of nitrogen functional groups attached to an aromatic ring is 1. The van der Waals surface area contributed by atoms with E-state index in [2.05, 4.69) is 25.5 Å². The molecule has 0 aliphatic heterocycles. The van der Waals surface area contributed by atoms with Crippen molar-refractivity contribution in [3.63, 3.8) is 0 Å². The first kappa shape index (κ1) is 24.2. The van der Waals surface area contributed by atoms with Crippen LogP contribution in [0.15, 0.2) is 94.3 Å². The van der Waals surface area contributed by atoms with Gasteiger partial charge in [0, 0.05) is 16.7 Å². The summed E-state index contributed by atoms with van der Waals surface area (Å²) in [4.78, 5) is 13.1. The van der Waals surface area contributed by atoms with Gasteiger partial charge in [-0.05, 0) is 21.4 Å². The van der Waals surface area contributed by atoms with E-state index < -0.39 is 5.91 Å². The first-order valence-electron chi connectivity index (χ1n) is 11.3. The van der Waals surface area contributed by atoms with E-state index in [-0.39, 0.29) is 23.0 Å². The maximum absolute atomic E-state index is 13.1. The third kappa shape index (κ3) is 4.40. The molecule has 10 heteroatoms. The summed E-state index contributed by atoms with van der Waals surface area (Å²) in [7, 11) is 0. The highest BCUT2D eigenvalue weighted by Gasteiger charge is 2.26. The summed E-state index contributed by atoms with van der Waals surface area (Å²) in [5.74, 6) is 5.54. The third-order valence-corrected chi connectivity index (χ3v) is 5.44. The number of carbonyl (C=O) groups is 1. The van der Waals surface area contributed by atoms with E-state index in [1.165, 1.54) is 0 Å². The number of hydrazone groups is 1. The minimum absolute atomic E-state index is 0.0135. The van der Waals surface area contributed by atoms with Gasteiger partial charge in [-0.2, -0.15) is 5.10 Å². The molecule has 0 atom stereocenters. The number of fused-ring (bicyclic) bond motifs is 3. The van der Waals surface area contributed by atoms with Crippen molar-refractivity contribution in [1.82, 2.24) is 15.7 Å². The van der Waals surface area contributed by atoms with Crippen molar-refractivity contribution in [2.24, 2.45) is 16.7 Å². The number of hydrazine groups is 1. The fourth-order valence-electron chi connectivity index (χ4n) is 3.87. The molecule has 0 bridgehead atoms. The average molecular weight is 483 g/mol. The minimum Gasteiger partial charge on any atom is -0.392 e. The fraction of sp³-hybridized carbons (Fsp3) is 0.0769. The lowest BCUT2D eigenvalue weighted by Crippen LogP contribution is -2.36. The number of nitrogens with one attached hydrogen (secondary N) is 1. The van der Waals surface area contributed by atoms with Crippen LogP contribution in [0.4, 0.5) is 11.6 Å². The Balaban J connectivity index is 0.00000148. The molecule has 10 nitrogen and oxygen atoms in total. The predicted molar refractivity (Wildman–Crippen MR) is 140 cm³/mol. The lowest BCUT2D eigenvalue weighted by molar-refractivity contribution is -0.117. The van der Waals surface area contributed by atoms with Crippen molar-refractivity contribution in [1.29, 1.82) is 0 Å². The van der Waals surface area contributed by atoms with Crippen LogP contribution in [0.3, 0.4) is 0 Å². The van der Waals surface area contributed by atoms with Crippen LogP contribution in [0.5, 0.6) is 0 Å². The lowest BCUT2D eigenvalue weighted by Gasteiger charge is -2.21. The Morgan fingerprint density at radius 2 is 1.39 bits per heavy atom. The summed E-state index contributed by atoms with van der Waals surface area (Å²) < 4.78 is 4.64. The maximum Gasteiger partial charge on any atom is 0.289 e. The highest BCUT2D eigenvalue weighted by atomic mass is 16.6. The Morgan fingerprint density at radius 1 is 0.861 bits per heavy atom. The molecule has 0 unspecified atom stereocenters. The van der Waals surface area contributed by atoms with E-state index in [4.69, 9.17) is 17.3 Å². The summed E-state index contributed by atoms with van der Waals surface area (Å²) in [5, 5.41) is 12.7. The highest BCUT2D eigenvalue weighted by molar-refractivity contribution is 6.24. The number of nitrogens with two attached hydrogens (primary N) is 3. The highest BCUT2D eigenvalue weighted by Crippen LogP contribution is 2.36. The van der Waals surface area contributed by atoms with Crippen LogP contribution in [-0.4, -0.2) is 21.9 Å². The molecule has 182 valence electrons. The second kappa shape index (κ2) is 10.5. The topological polar surface area (TPSA) is 162 Å². The molecule has 5 rings (SSSR count). The van der Waals surface area contributed by atoms with Gasteiger partial charge in [-0.25, -0.2) is 15.9 Å². The molecule has 0 radical (unpaired) electrons. The molecule has 3 aromatic carbocycles. The van der Waals surface area contributed by atoms with Gasteiger partial charge in [0.1, 0.15) is 5.70 Å². The molecule has 0 saturated carbocycles. The van der Waals surface area contributed by atoms with Crippen molar-refractivity contribution in [2.45, 2.75) is 13.8 Å². The summed E-state index contributed by atoms with van der Waals surface area (Å²) in [6.07, 6.45) is 0. The van der Waals surface area contributed by atoms with Gasteiger partial charge in [-0.3, -0.25) is 9.80 Å². The Kier molecular flexibility index (Phi) is 7.07. The van der Waals surface area contributed by atoms with Crippen LogP contribution in [0.2, 0.25) is 0 Å². The monoisotopic (exact) mass is 482 g/mol. The summed E-state index contributed by atoms with van der Waals surface area (Å²) in [5.41, 5.74) is 19.7. The molecule has 1 aliphatic rings. The van der Waals surface area contributed by atoms with Gasteiger partial charge in [-0.1, -0.05) is 92.7 Å². The number of rotatable bonds is 5. The third-order valence-electron chi connectivity index (χ3n) is 5.44. The van der Waals surface area contributed by atoms with Crippen LogP contribution in [0.1, 0.15) is 30.5 Å². The van der Waals surface area contributed by atoms with Gasteiger partial charge in [-0.15, -0.1) is 0 Å². The van der Waals surface area contributed by atoms with Crippen molar-refractivity contribution in [3.05, 3.63) is 101 Å². The van der Waals surface area contributed by atoms with E-state index in [1.54, 1.807) is 24.3 Å². The minimum atomic E-state index is -0.654. The van der Waals surface area contributed by atoms with E-state index in [1.807, 2.05) is 68.4 Å². The van der Waals surface area contributed by atoms with Crippen molar-refractivity contribution < 1.29 is 9.42 Å². The SMILES string of the molecule is CC.N/C(C(=O)NN=C1c2ccccc2-c2ccccc21)=C(/c1ccccc1)N(N)c1nonc1N. The molecule has 0 fully saturated rings. The zero-order valence-corrected chi connectivity index (χ0v) is 19.8. The normalized spacial score (nSPS) is 11.9. The Morgan fingerprint density at radius 3 is 1.92 bits per heavy atom. The van der Waals surface area contributed by atoms with Crippen LogP contribution < -0.4 is 27.7 Å². The predicted octanol–water partition coefficient (Wildman–Crippen LogP) is 3.23. The van der Waals surface area contributed by atoms with E-state index in [0.717, 1.165) is 27.3 Å². The van der Waals surface area contributed by atoms with Gasteiger partial charge in [0.15, 0.2) is 0 Å². The summed E-state index contributed by atoms with van der Waals surface area (Å²) in [6.45, 7) is 4.00. The molecule has 1 aliphatic carbocycles. The number of amides is 1. The van der Waals surface area contributed by atoms with E-state index in [9.17, 15) is 4.79 Å². The number of aromatic nitrogens is 2. The van der Waals surface area contributed by atoms with Gasteiger partial charge < -0.3 is 11.5 Å². The second-order valence-corrected chi connectivity index (χ2v) is 7.46. The molecule has 1 heterocycles. The van der Waals surface area contributed by atoms with Gasteiger partial charge in [0.05, 0.1) is 11.4 Å². The standard InChI is InChI=1S/C24H20N8O2.C2H6/c25-19(21(14-8-2-1-3-9-14)32(27)23-22(26)30-34-31-23)24(33)29-28-20-17-12-6-4-10-15(17)16-11-5-7-13-18(16)20;1-2/h1-13H,25,27H2,(H2,26,30)(H,29,33);1-2H3/b21-19-;. The maximum atomic E-state index is 13.1. The van der Waals surface area contributed by atoms with E-state index >= 15 is 0 Å². The Labute approximate surface area is 208 Å². The molecule has 7 N–H and O–H groups in total. The van der Waals surface area contributed by atoms with Crippen LogP contribution in [0, 0.1) is 0 Å². The molecule has 1 amide bonds. The van der Waals surface area contributed by atoms with Crippen molar-refractivity contribution in [2.75, 3.05) is 10.7 Å². The smallest absolute Gasteiger partial charge is 0.289 e. The van der Waals surface area contributed by atoms with Gasteiger partial charge >= 0.3 is 0 Å². The number of benzene rings is 3. The van der Waals surface area contributed by atoms with Gasteiger partial charge in [0.25, 0.3) is 5.91 Å². The zero-order chi connectivity index (χ0) is 25.7. The molecule has 0 saturated heterocycles. The number of hydrogen-bond donors (Lipinski definition) is 4. The zero-order valence-electron chi connectivity index (χ0n) is 19.8. The Bertz CT molecular complexity index is 1400. The van der Waals surface area contributed by atoms with Crippen molar-refractivity contribution >= 4 is 29.0 Å². The summed E-state index contributed by atoms with van der Waals surface area (Å²) in [6, 6.07) is 24.6.